The molecule has 78 valence electrons. The first-order valence-corrected chi connectivity index (χ1v) is 6.54. The largest absolute Gasteiger partial charge is 0.232 e. The van der Waals surface area contributed by atoms with Crippen molar-refractivity contribution in [1.82, 2.24) is 0 Å². The van der Waals surface area contributed by atoms with Gasteiger partial charge in [-0.2, -0.15) is 0 Å². The van der Waals surface area contributed by atoms with Crippen LogP contribution in [0.25, 0.3) is 0 Å². The number of rotatable bonds is 3. The van der Waals surface area contributed by atoms with E-state index < -0.39 is 9.05 Å². The monoisotopic (exact) mass is 236 g/mol. The predicted octanol–water partition coefficient (Wildman–Crippen LogP) is 2.25. The van der Waals surface area contributed by atoms with Gasteiger partial charge in [0.1, 0.15) is 5.82 Å². The van der Waals surface area contributed by atoms with Crippen LogP contribution in [0.4, 0.5) is 4.39 Å². The summed E-state index contributed by atoms with van der Waals surface area (Å²) in [5.41, 5.74) is 1.18. The van der Waals surface area contributed by atoms with Gasteiger partial charge in [0.25, 0.3) is 0 Å². The lowest BCUT2D eigenvalue weighted by atomic mass is 10.1. The molecule has 0 atom stereocenters. The highest BCUT2D eigenvalue weighted by atomic mass is 35.7. The summed E-state index contributed by atoms with van der Waals surface area (Å²) in [4.78, 5) is 0. The minimum Gasteiger partial charge on any atom is -0.212 e. The standard InChI is InChI=1S/C9H10ClFO2S/c1-7-2-3-8(9(11)6-7)4-5-14(10,12)13/h2-3,6H,4-5H2,1H3. The zero-order valence-corrected chi connectivity index (χ0v) is 9.20. The van der Waals surface area contributed by atoms with E-state index in [-0.39, 0.29) is 18.0 Å². The van der Waals surface area contributed by atoms with Crippen molar-refractivity contribution in [1.29, 1.82) is 0 Å². The molecule has 0 saturated heterocycles. The van der Waals surface area contributed by atoms with Crippen LogP contribution in [0.5, 0.6) is 0 Å². The number of aryl methyl sites for hydroxylation is 2. The van der Waals surface area contributed by atoms with E-state index in [4.69, 9.17) is 10.7 Å². The third kappa shape index (κ3) is 3.64. The van der Waals surface area contributed by atoms with Crippen molar-refractivity contribution < 1.29 is 12.8 Å². The van der Waals surface area contributed by atoms with Crippen molar-refractivity contribution in [2.45, 2.75) is 13.3 Å². The SMILES string of the molecule is Cc1ccc(CCS(=O)(=O)Cl)c(F)c1. The third-order valence-corrected chi connectivity index (χ3v) is 2.98. The Hall–Kier alpha value is -0.610. The second-order valence-corrected chi connectivity index (χ2v) is 5.98. The zero-order valence-electron chi connectivity index (χ0n) is 7.63. The Morgan fingerprint density at radius 3 is 2.57 bits per heavy atom. The molecule has 0 heterocycles. The molecule has 0 amide bonds. The van der Waals surface area contributed by atoms with E-state index in [0.29, 0.717) is 5.56 Å². The van der Waals surface area contributed by atoms with Crippen LogP contribution in [0, 0.1) is 12.7 Å². The third-order valence-electron chi connectivity index (χ3n) is 1.82. The van der Waals surface area contributed by atoms with Gasteiger partial charge in [0.2, 0.25) is 9.05 Å². The summed E-state index contributed by atoms with van der Waals surface area (Å²) in [5.74, 6) is -0.625. The molecular formula is C9H10ClFO2S. The predicted molar refractivity (Wildman–Crippen MR) is 54.5 cm³/mol. The molecule has 0 saturated carbocycles. The van der Waals surface area contributed by atoms with Gasteiger partial charge in [-0.3, -0.25) is 0 Å². The van der Waals surface area contributed by atoms with E-state index in [0.717, 1.165) is 5.56 Å². The normalized spacial score (nSPS) is 11.6. The Morgan fingerprint density at radius 2 is 2.07 bits per heavy atom. The molecule has 0 N–H and O–H groups in total. The molecule has 0 bridgehead atoms. The van der Waals surface area contributed by atoms with Gasteiger partial charge in [-0.1, -0.05) is 12.1 Å². The Labute approximate surface area is 87.1 Å². The average Bonchev–Trinajstić information content (AvgIpc) is 2.00. The van der Waals surface area contributed by atoms with Crippen LogP contribution in [0.2, 0.25) is 0 Å². The molecule has 0 aliphatic carbocycles. The molecule has 0 aromatic heterocycles. The van der Waals surface area contributed by atoms with Gasteiger partial charge < -0.3 is 0 Å². The van der Waals surface area contributed by atoms with Crippen LogP contribution in [0.1, 0.15) is 11.1 Å². The second kappa shape index (κ2) is 4.28. The molecule has 1 aromatic carbocycles. The van der Waals surface area contributed by atoms with E-state index in [1.54, 1.807) is 19.1 Å². The first-order valence-electron chi connectivity index (χ1n) is 4.06. The molecular weight excluding hydrogens is 227 g/mol. The van der Waals surface area contributed by atoms with Crippen LogP contribution < -0.4 is 0 Å². The smallest absolute Gasteiger partial charge is 0.212 e. The van der Waals surface area contributed by atoms with Crippen molar-refractivity contribution in [2.24, 2.45) is 0 Å². The molecule has 2 nitrogen and oxygen atoms in total. The average molecular weight is 237 g/mol. The van der Waals surface area contributed by atoms with E-state index in [1.807, 2.05) is 0 Å². The van der Waals surface area contributed by atoms with E-state index in [9.17, 15) is 12.8 Å². The van der Waals surface area contributed by atoms with Crippen LogP contribution >= 0.6 is 10.7 Å². The first kappa shape index (κ1) is 11.5. The summed E-state index contributed by atoms with van der Waals surface area (Å²) in [6.45, 7) is 1.77. The molecule has 0 fully saturated rings. The lowest BCUT2D eigenvalue weighted by molar-refractivity contribution is 0.601. The molecule has 0 spiro atoms. The van der Waals surface area contributed by atoms with Gasteiger partial charge >= 0.3 is 0 Å². The van der Waals surface area contributed by atoms with E-state index >= 15 is 0 Å². The summed E-state index contributed by atoms with van der Waals surface area (Å²) < 4.78 is 34.4. The summed E-state index contributed by atoms with van der Waals surface area (Å²) in [7, 11) is 1.47. The highest BCUT2D eigenvalue weighted by Crippen LogP contribution is 2.12. The summed E-state index contributed by atoms with van der Waals surface area (Å²) in [6, 6.07) is 4.68. The number of benzene rings is 1. The fraction of sp³-hybridized carbons (Fsp3) is 0.333. The van der Waals surface area contributed by atoms with Crippen LogP contribution in [0.15, 0.2) is 18.2 Å². The highest BCUT2D eigenvalue weighted by molar-refractivity contribution is 8.13. The number of halogens is 2. The maximum absolute atomic E-state index is 13.2. The Kier molecular flexibility index (Phi) is 3.50. The topological polar surface area (TPSA) is 34.1 Å². The minimum absolute atomic E-state index is 0.109. The van der Waals surface area contributed by atoms with E-state index in [2.05, 4.69) is 0 Å². The van der Waals surface area contributed by atoms with Gasteiger partial charge in [-0.15, -0.1) is 0 Å². The quantitative estimate of drug-likeness (QED) is 0.755. The maximum Gasteiger partial charge on any atom is 0.232 e. The van der Waals surface area contributed by atoms with Crippen LogP contribution in [-0.2, 0) is 15.5 Å². The maximum atomic E-state index is 13.2. The second-order valence-electron chi connectivity index (χ2n) is 3.09. The Bertz CT molecular complexity index is 428. The first-order chi connectivity index (χ1) is 6.38. The molecule has 0 radical (unpaired) electrons. The van der Waals surface area contributed by atoms with Crippen molar-refractivity contribution in [3.8, 4) is 0 Å². The molecule has 0 unspecified atom stereocenters. The van der Waals surface area contributed by atoms with Crippen LogP contribution in [-0.4, -0.2) is 14.2 Å². The fourth-order valence-electron chi connectivity index (χ4n) is 1.09. The van der Waals surface area contributed by atoms with Crippen molar-refractivity contribution in [3.63, 3.8) is 0 Å². The molecule has 5 heteroatoms. The lowest BCUT2D eigenvalue weighted by Gasteiger charge is -2.02. The van der Waals surface area contributed by atoms with Gasteiger partial charge in [0, 0.05) is 10.7 Å². The summed E-state index contributed by atoms with van der Waals surface area (Å²) >= 11 is 0. The van der Waals surface area contributed by atoms with Crippen molar-refractivity contribution in [2.75, 3.05) is 5.75 Å². The fourth-order valence-corrected chi connectivity index (χ4v) is 1.78. The number of hydrogen-bond donors (Lipinski definition) is 0. The van der Waals surface area contributed by atoms with Crippen molar-refractivity contribution in [3.05, 3.63) is 35.1 Å². The molecule has 0 aliphatic heterocycles. The molecule has 14 heavy (non-hydrogen) atoms. The Morgan fingerprint density at radius 1 is 1.43 bits per heavy atom. The van der Waals surface area contributed by atoms with Gasteiger partial charge in [0.05, 0.1) is 5.75 Å². The van der Waals surface area contributed by atoms with E-state index in [1.165, 1.54) is 6.07 Å². The van der Waals surface area contributed by atoms with Crippen molar-refractivity contribution >= 4 is 19.7 Å². The minimum atomic E-state index is -3.54. The summed E-state index contributed by atoms with van der Waals surface area (Å²) in [6.07, 6.45) is 0.109. The van der Waals surface area contributed by atoms with Gasteiger partial charge in [-0.25, -0.2) is 12.8 Å². The van der Waals surface area contributed by atoms with Gasteiger partial charge in [-0.05, 0) is 30.5 Å². The van der Waals surface area contributed by atoms with Crippen LogP contribution in [0.3, 0.4) is 0 Å². The molecule has 1 rings (SSSR count). The number of hydrogen-bond acceptors (Lipinski definition) is 2. The summed E-state index contributed by atoms with van der Waals surface area (Å²) in [5, 5.41) is 0. The lowest BCUT2D eigenvalue weighted by Crippen LogP contribution is -2.02. The Balaban J connectivity index is 2.78. The molecule has 0 aliphatic rings. The molecule has 1 aromatic rings. The highest BCUT2D eigenvalue weighted by Gasteiger charge is 2.08. The zero-order chi connectivity index (χ0) is 10.8. The van der Waals surface area contributed by atoms with Gasteiger partial charge in [0.15, 0.2) is 0 Å².